The van der Waals surface area contributed by atoms with Crippen molar-refractivity contribution >= 4 is 12.0 Å². The highest BCUT2D eigenvalue weighted by Crippen LogP contribution is 2.48. The molecule has 0 unspecified atom stereocenters. The average Bonchev–Trinajstić information content (AvgIpc) is 3.09. The molecule has 1 aromatic heterocycles. The molecule has 0 aromatic carbocycles. The van der Waals surface area contributed by atoms with E-state index in [9.17, 15) is 14.7 Å². The lowest BCUT2D eigenvalue weighted by Gasteiger charge is -2.23. The molecule has 7 nitrogen and oxygen atoms in total. The maximum absolute atomic E-state index is 12.2. The van der Waals surface area contributed by atoms with Crippen molar-refractivity contribution in [3.63, 3.8) is 0 Å². The van der Waals surface area contributed by atoms with E-state index in [4.69, 9.17) is 0 Å². The first-order valence-electron chi connectivity index (χ1n) is 7.26. The standard InChI is InChI=1S/C14H20N4O3/c1-17-11(4-6-16-17)7-15-13(21)18-8-10-3-2-5-14(10,9-18)12(19)20/h4,6,10H,2-3,5,7-9H2,1H3,(H,15,21)(H,19,20)/t10-,14+/m0/s1. The predicted molar refractivity (Wildman–Crippen MR) is 74.4 cm³/mol. The third-order valence-corrected chi connectivity index (χ3v) is 4.93. The van der Waals surface area contributed by atoms with Gasteiger partial charge in [0, 0.05) is 26.3 Å². The van der Waals surface area contributed by atoms with Crippen molar-refractivity contribution in [3.05, 3.63) is 18.0 Å². The Hall–Kier alpha value is -2.05. The number of urea groups is 1. The first-order valence-corrected chi connectivity index (χ1v) is 7.26. The minimum absolute atomic E-state index is 0.0949. The van der Waals surface area contributed by atoms with Gasteiger partial charge in [-0.25, -0.2) is 4.79 Å². The topological polar surface area (TPSA) is 87.5 Å². The lowest BCUT2D eigenvalue weighted by Crippen LogP contribution is -2.41. The molecule has 2 atom stereocenters. The third-order valence-electron chi connectivity index (χ3n) is 4.93. The van der Waals surface area contributed by atoms with Crippen LogP contribution in [-0.4, -0.2) is 44.9 Å². The molecule has 1 aliphatic carbocycles. The summed E-state index contributed by atoms with van der Waals surface area (Å²) in [5, 5.41) is 16.4. The number of hydrogen-bond donors (Lipinski definition) is 2. The van der Waals surface area contributed by atoms with Gasteiger partial charge >= 0.3 is 12.0 Å². The second-order valence-corrected chi connectivity index (χ2v) is 6.04. The van der Waals surface area contributed by atoms with E-state index >= 15 is 0 Å². The van der Waals surface area contributed by atoms with Crippen LogP contribution in [0.5, 0.6) is 0 Å². The Kier molecular flexibility index (Phi) is 3.35. The van der Waals surface area contributed by atoms with Crippen LogP contribution in [0, 0.1) is 11.3 Å². The minimum Gasteiger partial charge on any atom is -0.481 e. The summed E-state index contributed by atoms with van der Waals surface area (Å²) in [4.78, 5) is 25.5. The fourth-order valence-electron chi connectivity index (χ4n) is 3.65. The summed E-state index contributed by atoms with van der Waals surface area (Å²) in [5.41, 5.74) is 0.194. The second-order valence-electron chi connectivity index (χ2n) is 6.04. The van der Waals surface area contributed by atoms with E-state index in [1.165, 1.54) is 0 Å². The maximum Gasteiger partial charge on any atom is 0.317 e. The molecule has 2 amide bonds. The van der Waals surface area contributed by atoms with E-state index in [0.717, 1.165) is 18.5 Å². The smallest absolute Gasteiger partial charge is 0.317 e. The van der Waals surface area contributed by atoms with Crippen LogP contribution >= 0.6 is 0 Å². The number of carboxylic acid groups (broad SMARTS) is 1. The Morgan fingerprint density at radius 3 is 3.00 bits per heavy atom. The Labute approximate surface area is 122 Å². The summed E-state index contributed by atoms with van der Waals surface area (Å²) in [5.74, 6) is -0.663. The van der Waals surface area contributed by atoms with Gasteiger partial charge in [-0.3, -0.25) is 9.48 Å². The molecule has 7 heteroatoms. The van der Waals surface area contributed by atoms with E-state index in [1.807, 2.05) is 13.1 Å². The number of aryl methyl sites for hydroxylation is 1. The number of carbonyl (C=O) groups is 2. The Morgan fingerprint density at radius 2 is 2.38 bits per heavy atom. The van der Waals surface area contributed by atoms with Gasteiger partial charge in [-0.2, -0.15) is 5.10 Å². The fourth-order valence-corrected chi connectivity index (χ4v) is 3.65. The Bertz CT molecular complexity index is 570. The molecule has 2 aliphatic rings. The fraction of sp³-hybridized carbons (Fsp3) is 0.643. The van der Waals surface area contributed by atoms with Crippen molar-refractivity contribution in [1.82, 2.24) is 20.0 Å². The Morgan fingerprint density at radius 1 is 1.57 bits per heavy atom. The molecule has 1 saturated heterocycles. The van der Waals surface area contributed by atoms with Gasteiger partial charge in [-0.15, -0.1) is 0 Å². The zero-order chi connectivity index (χ0) is 15.0. The molecule has 2 heterocycles. The van der Waals surface area contributed by atoms with E-state index in [0.29, 0.717) is 26.1 Å². The summed E-state index contributed by atoms with van der Waals surface area (Å²) in [6.45, 7) is 1.27. The summed E-state index contributed by atoms with van der Waals surface area (Å²) >= 11 is 0. The molecule has 2 fully saturated rings. The van der Waals surface area contributed by atoms with Crippen LogP contribution < -0.4 is 5.32 Å². The average molecular weight is 292 g/mol. The van der Waals surface area contributed by atoms with Crippen molar-refractivity contribution in [1.29, 1.82) is 0 Å². The van der Waals surface area contributed by atoms with Gasteiger partial charge in [0.1, 0.15) is 0 Å². The number of likely N-dealkylation sites (tertiary alicyclic amines) is 1. The molecule has 3 rings (SSSR count). The van der Waals surface area contributed by atoms with E-state index in [-0.39, 0.29) is 11.9 Å². The van der Waals surface area contributed by atoms with Crippen LogP contribution in [0.15, 0.2) is 12.3 Å². The van der Waals surface area contributed by atoms with Crippen molar-refractivity contribution in [3.8, 4) is 0 Å². The van der Waals surface area contributed by atoms with Gasteiger partial charge in [-0.05, 0) is 24.8 Å². The highest BCUT2D eigenvalue weighted by Gasteiger charge is 2.55. The predicted octanol–water partition coefficient (Wildman–Crippen LogP) is 0.816. The monoisotopic (exact) mass is 292 g/mol. The van der Waals surface area contributed by atoms with Gasteiger partial charge < -0.3 is 15.3 Å². The lowest BCUT2D eigenvalue weighted by atomic mass is 9.81. The van der Waals surface area contributed by atoms with Crippen molar-refractivity contribution in [2.75, 3.05) is 13.1 Å². The molecular weight excluding hydrogens is 272 g/mol. The Balaban J connectivity index is 1.62. The molecular formula is C14H20N4O3. The summed E-state index contributed by atoms with van der Waals surface area (Å²) in [7, 11) is 1.82. The highest BCUT2D eigenvalue weighted by molar-refractivity contribution is 5.80. The number of nitrogens with one attached hydrogen (secondary N) is 1. The number of carboxylic acids is 1. The first-order chi connectivity index (χ1) is 10.0. The number of carbonyl (C=O) groups excluding carboxylic acids is 1. The van der Waals surface area contributed by atoms with Crippen LogP contribution in [-0.2, 0) is 18.4 Å². The van der Waals surface area contributed by atoms with E-state index in [1.54, 1.807) is 15.8 Å². The van der Waals surface area contributed by atoms with Gasteiger partial charge in [0.2, 0.25) is 0 Å². The van der Waals surface area contributed by atoms with E-state index in [2.05, 4.69) is 10.4 Å². The van der Waals surface area contributed by atoms with Crippen LogP contribution in [0.2, 0.25) is 0 Å². The zero-order valence-electron chi connectivity index (χ0n) is 12.1. The second kappa shape index (κ2) is 5.05. The maximum atomic E-state index is 12.2. The summed E-state index contributed by atoms with van der Waals surface area (Å²) < 4.78 is 1.71. The molecule has 1 aliphatic heterocycles. The molecule has 0 bridgehead atoms. The van der Waals surface area contributed by atoms with Crippen molar-refractivity contribution in [2.24, 2.45) is 18.4 Å². The number of aliphatic carboxylic acids is 1. The summed E-state index contributed by atoms with van der Waals surface area (Å²) in [6, 6.07) is 1.66. The van der Waals surface area contributed by atoms with Gasteiger partial charge in [0.25, 0.3) is 0 Å². The van der Waals surface area contributed by atoms with Gasteiger partial charge in [0.05, 0.1) is 17.7 Å². The molecule has 0 spiro atoms. The van der Waals surface area contributed by atoms with Gasteiger partial charge in [-0.1, -0.05) is 6.42 Å². The van der Waals surface area contributed by atoms with Crippen LogP contribution in [0.25, 0.3) is 0 Å². The lowest BCUT2D eigenvalue weighted by molar-refractivity contribution is -0.149. The molecule has 1 aromatic rings. The largest absolute Gasteiger partial charge is 0.481 e. The molecule has 0 radical (unpaired) electrons. The first kappa shape index (κ1) is 13.9. The molecule has 21 heavy (non-hydrogen) atoms. The highest BCUT2D eigenvalue weighted by atomic mass is 16.4. The van der Waals surface area contributed by atoms with Crippen LogP contribution in [0.1, 0.15) is 25.0 Å². The minimum atomic E-state index is -0.757. The third kappa shape index (κ3) is 2.26. The van der Waals surface area contributed by atoms with E-state index < -0.39 is 11.4 Å². The van der Waals surface area contributed by atoms with Crippen LogP contribution in [0.4, 0.5) is 4.79 Å². The number of amides is 2. The van der Waals surface area contributed by atoms with Gasteiger partial charge in [0.15, 0.2) is 0 Å². The molecule has 1 saturated carbocycles. The number of fused-ring (bicyclic) bond motifs is 1. The van der Waals surface area contributed by atoms with Crippen LogP contribution in [0.3, 0.4) is 0 Å². The normalized spacial score (nSPS) is 27.7. The van der Waals surface area contributed by atoms with Crippen molar-refractivity contribution < 1.29 is 14.7 Å². The van der Waals surface area contributed by atoms with Crippen molar-refractivity contribution in [2.45, 2.75) is 25.8 Å². The number of aromatic nitrogens is 2. The molecule has 2 N–H and O–H groups in total. The number of rotatable bonds is 3. The molecule has 114 valence electrons. The zero-order valence-corrected chi connectivity index (χ0v) is 12.1. The summed E-state index contributed by atoms with van der Waals surface area (Å²) in [6.07, 6.45) is 4.21. The SMILES string of the molecule is Cn1nccc1CNC(=O)N1C[C@@H]2CCC[C@@]2(C(=O)O)C1. The number of hydrogen-bond acceptors (Lipinski definition) is 3. The quantitative estimate of drug-likeness (QED) is 0.863. The number of nitrogens with zero attached hydrogens (tertiary/aromatic N) is 3.